The second-order valence-corrected chi connectivity index (χ2v) is 4.54. The number of nitrogens with zero attached hydrogens (tertiary/aromatic N) is 1. The van der Waals surface area contributed by atoms with Crippen molar-refractivity contribution in [3.63, 3.8) is 0 Å². The van der Waals surface area contributed by atoms with Crippen molar-refractivity contribution in [1.82, 2.24) is 0 Å². The summed E-state index contributed by atoms with van der Waals surface area (Å²) in [6.45, 7) is 2.66. The third-order valence-electron chi connectivity index (χ3n) is 2.59. The minimum atomic E-state index is -4.25. The Kier molecular flexibility index (Phi) is 4.87. The molecule has 0 bridgehead atoms. The first-order valence-corrected chi connectivity index (χ1v) is 5.99. The van der Waals surface area contributed by atoms with E-state index in [4.69, 9.17) is 17.3 Å². The first kappa shape index (κ1) is 15.1. The van der Waals surface area contributed by atoms with E-state index in [0.717, 1.165) is 5.56 Å². The maximum Gasteiger partial charge on any atom is 0.405 e. The lowest BCUT2D eigenvalue weighted by Crippen LogP contribution is -2.34. The van der Waals surface area contributed by atoms with Gasteiger partial charge in [-0.25, -0.2) is 0 Å². The third-order valence-corrected chi connectivity index (χ3v) is 2.89. The summed E-state index contributed by atoms with van der Waals surface area (Å²) in [6, 6.07) is 4.69. The number of hydrogen-bond acceptors (Lipinski definition) is 2. The van der Waals surface area contributed by atoms with Gasteiger partial charge in [-0.15, -0.1) is 0 Å². The van der Waals surface area contributed by atoms with Gasteiger partial charge in [0.2, 0.25) is 0 Å². The van der Waals surface area contributed by atoms with Crippen LogP contribution in [0.1, 0.15) is 25.5 Å². The summed E-state index contributed by atoms with van der Waals surface area (Å²) >= 11 is 6.01. The Morgan fingerprint density at radius 1 is 1.39 bits per heavy atom. The van der Waals surface area contributed by atoms with Gasteiger partial charge in [0.05, 0.1) is 10.7 Å². The summed E-state index contributed by atoms with van der Waals surface area (Å²) in [5, 5.41) is 0.288. The molecule has 18 heavy (non-hydrogen) atoms. The zero-order chi connectivity index (χ0) is 13.9. The van der Waals surface area contributed by atoms with Crippen LogP contribution >= 0.6 is 11.6 Å². The molecule has 0 spiro atoms. The molecule has 0 unspecified atom stereocenters. The van der Waals surface area contributed by atoms with Crippen LogP contribution < -0.4 is 10.6 Å². The lowest BCUT2D eigenvalue weighted by molar-refractivity contribution is -0.119. The fourth-order valence-corrected chi connectivity index (χ4v) is 1.96. The van der Waals surface area contributed by atoms with E-state index in [9.17, 15) is 13.2 Å². The van der Waals surface area contributed by atoms with E-state index in [1.807, 2.05) is 0 Å². The molecule has 0 aliphatic rings. The van der Waals surface area contributed by atoms with Crippen molar-refractivity contribution in [2.75, 3.05) is 18.0 Å². The molecule has 0 saturated heterocycles. The number of alkyl halides is 3. The molecular weight excluding hydrogens is 265 g/mol. The highest BCUT2D eigenvalue weighted by Crippen LogP contribution is 2.30. The average molecular weight is 281 g/mol. The van der Waals surface area contributed by atoms with Crippen molar-refractivity contribution in [2.45, 2.75) is 26.1 Å². The molecule has 0 aliphatic carbocycles. The Balaban J connectivity index is 3.00. The largest absolute Gasteiger partial charge is 0.405 e. The summed E-state index contributed by atoms with van der Waals surface area (Å²) in [5.41, 5.74) is 6.86. The van der Waals surface area contributed by atoms with E-state index in [0.29, 0.717) is 5.69 Å². The second-order valence-electron chi connectivity index (χ2n) is 4.13. The molecule has 1 aromatic carbocycles. The molecule has 0 radical (unpaired) electrons. The lowest BCUT2D eigenvalue weighted by Gasteiger charge is -2.25. The first-order chi connectivity index (χ1) is 8.24. The quantitative estimate of drug-likeness (QED) is 0.910. The zero-order valence-corrected chi connectivity index (χ0v) is 11.0. The number of anilines is 1. The highest BCUT2D eigenvalue weighted by atomic mass is 35.5. The van der Waals surface area contributed by atoms with E-state index in [1.54, 1.807) is 32.0 Å². The van der Waals surface area contributed by atoms with Crippen LogP contribution in [-0.2, 0) is 0 Å². The number of rotatable bonds is 4. The molecule has 0 saturated carbocycles. The Labute approximate surface area is 110 Å². The van der Waals surface area contributed by atoms with Crippen molar-refractivity contribution in [3.8, 4) is 0 Å². The summed E-state index contributed by atoms with van der Waals surface area (Å²) in [5.74, 6) is 0. The van der Waals surface area contributed by atoms with Gasteiger partial charge in [0.25, 0.3) is 0 Å². The molecule has 102 valence electrons. The fourth-order valence-electron chi connectivity index (χ4n) is 1.65. The Bertz CT molecular complexity index is 405. The van der Waals surface area contributed by atoms with Crippen LogP contribution in [0.3, 0.4) is 0 Å². The molecular formula is C12H16ClF3N2. The van der Waals surface area contributed by atoms with Crippen molar-refractivity contribution < 1.29 is 13.2 Å². The average Bonchev–Trinajstić information content (AvgIpc) is 2.24. The third kappa shape index (κ3) is 4.07. The normalized spacial score (nSPS) is 13.5. The Hall–Kier alpha value is -0.940. The monoisotopic (exact) mass is 280 g/mol. The summed E-state index contributed by atoms with van der Waals surface area (Å²) in [7, 11) is 0. The van der Waals surface area contributed by atoms with Crippen molar-refractivity contribution in [3.05, 3.63) is 28.8 Å². The smallest absolute Gasteiger partial charge is 0.362 e. The van der Waals surface area contributed by atoms with Gasteiger partial charge in [0.1, 0.15) is 6.54 Å². The van der Waals surface area contributed by atoms with Gasteiger partial charge in [-0.2, -0.15) is 13.2 Å². The first-order valence-electron chi connectivity index (χ1n) is 5.61. The predicted octanol–water partition coefficient (Wildman–Crippen LogP) is 3.75. The van der Waals surface area contributed by atoms with Gasteiger partial charge in [-0.3, -0.25) is 0 Å². The van der Waals surface area contributed by atoms with Crippen molar-refractivity contribution in [2.24, 2.45) is 5.73 Å². The van der Waals surface area contributed by atoms with Crippen LogP contribution in [-0.4, -0.2) is 19.3 Å². The standard InChI is InChI=1S/C12H16ClF3N2/c1-3-18(7-12(14,15)16)11-5-4-9(8(2)17)6-10(11)13/h4-6,8H,3,7,17H2,1-2H3/t8-/m0/s1. The SMILES string of the molecule is CCN(CC(F)(F)F)c1ccc([C@H](C)N)cc1Cl. The molecule has 2 nitrogen and oxygen atoms in total. The maximum absolute atomic E-state index is 12.4. The van der Waals surface area contributed by atoms with E-state index in [-0.39, 0.29) is 17.6 Å². The number of nitrogens with two attached hydrogens (primary N) is 1. The van der Waals surface area contributed by atoms with Crippen LogP contribution in [0.4, 0.5) is 18.9 Å². The van der Waals surface area contributed by atoms with Crippen molar-refractivity contribution >= 4 is 17.3 Å². The van der Waals surface area contributed by atoms with E-state index in [2.05, 4.69) is 0 Å². The molecule has 0 fully saturated rings. The molecule has 0 heterocycles. The number of halogens is 4. The van der Waals surface area contributed by atoms with Gasteiger partial charge in [-0.1, -0.05) is 17.7 Å². The van der Waals surface area contributed by atoms with Crippen LogP contribution in [0.25, 0.3) is 0 Å². The van der Waals surface area contributed by atoms with Crippen LogP contribution in [0.5, 0.6) is 0 Å². The number of benzene rings is 1. The zero-order valence-electron chi connectivity index (χ0n) is 10.3. The lowest BCUT2D eigenvalue weighted by atomic mass is 10.1. The maximum atomic E-state index is 12.4. The van der Waals surface area contributed by atoms with Gasteiger partial charge in [-0.05, 0) is 31.5 Å². The van der Waals surface area contributed by atoms with E-state index < -0.39 is 12.7 Å². The summed E-state index contributed by atoms with van der Waals surface area (Å²) in [4.78, 5) is 1.19. The molecule has 0 amide bonds. The summed E-state index contributed by atoms with van der Waals surface area (Å²) < 4.78 is 37.2. The van der Waals surface area contributed by atoms with Gasteiger partial charge < -0.3 is 10.6 Å². The fraction of sp³-hybridized carbons (Fsp3) is 0.500. The molecule has 6 heteroatoms. The predicted molar refractivity (Wildman–Crippen MR) is 68.0 cm³/mol. The van der Waals surface area contributed by atoms with Crippen LogP contribution in [0.2, 0.25) is 5.02 Å². The van der Waals surface area contributed by atoms with Gasteiger partial charge in [0.15, 0.2) is 0 Å². The molecule has 1 aromatic rings. The molecule has 1 atom stereocenters. The molecule has 0 aliphatic heterocycles. The van der Waals surface area contributed by atoms with E-state index in [1.165, 1.54) is 4.90 Å². The Morgan fingerprint density at radius 2 is 2.00 bits per heavy atom. The van der Waals surface area contributed by atoms with Gasteiger partial charge in [0, 0.05) is 12.6 Å². The number of hydrogen-bond donors (Lipinski definition) is 1. The minimum Gasteiger partial charge on any atom is -0.362 e. The topological polar surface area (TPSA) is 29.3 Å². The second kappa shape index (κ2) is 5.80. The molecule has 2 N–H and O–H groups in total. The molecule has 1 rings (SSSR count). The van der Waals surface area contributed by atoms with E-state index >= 15 is 0 Å². The van der Waals surface area contributed by atoms with Crippen LogP contribution in [0, 0.1) is 0 Å². The van der Waals surface area contributed by atoms with Crippen LogP contribution in [0.15, 0.2) is 18.2 Å². The molecule has 0 aromatic heterocycles. The van der Waals surface area contributed by atoms with Crippen molar-refractivity contribution in [1.29, 1.82) is 0 Å². The van der Waals surface area contributed by atoms with Gasteiger partial charge >= 0.3 is 6.18 Å². The Morgan fingerprint density at radius 3 is 2.39 bits per heavy atom. The minimum absolute atomic E-state index is 0.200. The highest BCUT2D eigenvalue weighted by Gasteiger charge is 2.31. The summed E-state index contributed by atoms with van der Waals surface area (Å²) in [6.07, 6.45) is -4.25. The highest BCUT2D eigenvalue weighted by molar-refractivity contribution is 6.33.